The van der Waals surface area contributed by atoms with Crippen molar-refractivity contribution in [3.05, 3.63) is 22.2 Å². The highest BCUT2D eigenvalue weighted by atomic mass is 79.9. The fraction of sp³-hybridized carbons (Fsp3) is 0.417. The van der Waals surface area contributed by atoms with Gasteiger partial charge in [0.1, 0.15) is 13.2 Å². The van der Waals surface area contributed by atoms with Crippen LogP contribution in [0.3, 0.4) is 0 Å². The Morgan fingerprint density at radius 2 is 1.86 bits per heavy atom. The number of rotatable bonds is 1. The van der Waals surface area contributed by atoms with E-state index in [9.17, 15) is 18.3 Å². The summed E-state index contributed by atoms with van der Waals surface area (Å²) in [5, 5.41) is 13.2. The fourth-order valence-corrected chi connectivity index (χ4v) is 2.64. The van der Waals surface area contributed by atoms with Gasteiger partial charge in [-0.05, 0) is 28.1 Å². The van der Waals surface area contributed by atoms with Crippen molar-refractivity contribution >= 4 is 21.6 Å². The molecular weight excluding hydrogens is 357 g/mol. The summed E-state index contributed by atoms with van der Waals surface area (Å²) in [6.45, 7) is 0.778. The number of hydrogen-bond acceptors (Lipinski definition) is 5. The Kier molecular flexibility index (Phi) is 3.28. The van der Waals surface area contributed by atoms with Crippen LogP contribution in [0.4, 0.5) is 13.2 Å². The van der Waals surface area contributed by atoms with Crippen LogP contribution in [-0.2, 0) is 0 Å². The van der Waals surface area contributed by atoms with Crippen LogP contribution in [-0.4, -0.2) is 35.9 Å². The standard InChI is InChI=1S/C12H10BrF3N2O3/c13-7-4-10-9(20-1-2-21-10)3-6(7)8-5-11(19,18-17-8)12(14,15)16/h3-4,18-19H,1-2,5H2. The summed E-state index contributed by atoms with van der Waals surface area (Å²) >= 11 is 3.27. The van der Waals surface area contributed by atoms with Crippen molar-refractivity contribution in [2.24, 2.45) is 5.10 Å². The lowest BCUT2D eigenvalue weighted by Gasteiger charge is -2.25. The van der Waals surface area contributed by atoms with E-state index in [0.717, 1.165) is 0 Å². The van der Waals surface area contributed by atoms with Crippen LogP contribution in [0.15, 0.2) is 21.7 Å². The van der Waals surface area contributed by atoms with Crippen molar-refractivity contribution < 1.29 is 27.8 Å². The molecular formula is C12H10BrF3N2O3. The third-order valence-corrected chi connectivity index (χ3v) is 3.87. The second-order valence-corrected chi connectivity index (χ2v) is 5.54. The maximum Gasteiger partial charge on any atom is 0.438 e. The third-order valence-electron chi connectivity index (χ3n) is 3.21. The van der Waals surface area contributed by atoms with Gasteiger partial charge in [-0.2, -0.15) is 18.3 Å². The molecule has 0 fully saturated rings. The van der Waals surface area contributed by atoms with E-state index in [-0.39, 0.29) is 5.71 Å². The minimum Gasteiger partial charge on any atom is -0.486 e. The van der Waals surface area contributed by atoms with Crippen LogP contribution in [0.1, 0.15) is 12.0 Å². The molecule has 0 bridgehead atoms. The molecule has 0 spiro atoms. The highest BCUT2D eigenvalue weighted by molar-refractivity contribution is 9.10. The van der Waals surface area contributed by atoms with Crippen molar-refractivity contribution in [3.8, 4) is 11.5 Å². The van der Waals surface area contributed by atoms with Gasteiger partial charge in [-0.25, -0.2) is 0 Å². The first kappa shape index (κ1) is 14.5. The van der Waals surface area contributed by atoms with E-state index >= 15 is 0 Å². The molecule has 2 aliphatic heterocycles. The number of aliphatic hydroxyl groups is 1. The van der Waals surface area contributed by atoms with Crippen LogP contribution >= 0.6 is 15.9 Å². The molecule has 21 heavy (non-hydrogen) atoms. The number of hydrazone groups is 1. The van der Waals surface area contributed by atoms with Gasteiger partial charge in [0, 0.05) is 10.0 Å². The number of nitrogens with zero attached hydrogens (tertiary/aromatic N) is 1. The van der Waals surface area contributed by atoms with Gasteiger partial charge < -0.3 is 14.6 Å². The van der Waals surface area contributed by atoms with Crippen LogP contribution in [0, 0.1) is 0 Å². The minimum atomic E-state index is -4.82. The zero-order valence-electron chi connectivity index (χ0n) is 10.5. The maximum atomic E-state index is 12.8. The molecule has 1 unspecified atom stereocenters. The molecule has 114 valence electrons. The van der Waals surface area contributed by atoms with Gasteiger partial charge in [-0.1, -0.05) is 0 Å². The van der Waals surface area contributed by atoms with E-state index < -0.39 is 18.3 Å². The predicted molar refractivity (Wildman–Crippen MR) is 70.4 cm³/mol. The van der Waals surface area contributed by atoms with Gasteiger partial charge in [0.15, 0.2) is 11.5 Å². The number of ether oxygens (including phenoxy) is 2. The van der Waals surface area contributed by atoms with E-state index in [1.165, 1.54) is 0 Å². The maximum absolute atomic E-state index is 12.8. The van der Waals surface area contributed by atoms with Crippen molar-refractivity contribution in [3.63, 3.8) is 0 Å². The van der Waals surface area contributed by atoms with Crippen molar-refractivity contribution in [1.29, 1.82) is 0 Å². The highest BCUT2D eigenvalue weighted by Crippen LogP contribution is 2.39. The zero-order chi connectivity index (χ0) is 15.3. The zero-order valence-corrected chi connectivity index (χ0v) is 12.1. The average molecular weight is 367 g/mol. The van der Waals surface area contributed by atoms with Gasteiger partial charge in [-0.3, -0.25) is 5.43 Å². The van der Waals surface area contributed by atoms with E-state index in [4.69, 9.17) is 9.47 Å². The molecule has 2 N–H and O–H groups in total. The lowest BCUT2D eigenvalue weighted by molar-refractivity contribution is -0.266. The Morgan fingerprint density at radius 3 is 2.43 bits per heavy atom. The molecule has 5 nitrogen and oxygen atoms in total. The Balaban J connectivity index is 1.92. The lowest BCUT2D eigenvalue weighted by Crippen LogP contribution is -2.52. The average Bonchev–Trinajstić information content (AvgIpc) is 2.81. The van der Waals surface area contributed by atoms with Gasteiger partial charge >= 0.3 is 6.18 Å². The van der Waals surface area contributed by atoms with Crippen LogP contribution in [0.5, 0.6) is 11.5 Å². The highest BCUT2D eigenvalue weighted by Gasteiger charge is 2.57. The Bertz CT molecular complexity index is 621. The largest absolute Gasteiger partial charge is 0.486 e. The number of fused-ring (bicyclic) bond motifs is 1. The van der Waals surface area contributed by atoms with Gasteiger partial charge in [0.25, 0.3) is 5.72 Å². The molecule has 0 radical (unpaired) electrons. The number of benzene rings is 1. The second kappa shape index (κ2) is 4.77. The smallest absolute Gasteiger partial charge is 0.438 e. The topological polar surface area (TPSA) is 63.1 Å². The first-order chi connectivity index (χ1) is 9.80. The van der Waals surface area contributed by atoms with E-state index in [2.05, 4.69) is 21.0 Å². The van der Waals surface area contributed by atoms with Crippen LogP contribution < -0.4 is 14.9 Å². The summed E-state index contributed by atoms with van der Waals surface area (Å²) in [5.74, 6) is 0.944. The SMILES string of the molecule is OC1(C(F)(F)F)CC(c2cc3c(cc2Br)OCCO3)=NN1. The molecule has 9 heteroatoms. The lowest BCUT2D eigenvalue weighted by atomic mass is 10.0. The molecule has 2 heterocycles. The summed E-state index contributed by atoms with van der Waals surface area (Å²) in [7, 11) is 0. The van der Waals surface area contributed by atoms with Gasteiger partial charge in [0.05, 0.1) is 12.1 Å². The first-order valence-corrected chi connectivity index (χ1v) is 6.82. The van der Waals surface area contributed by atoms with E-state index in [1.54, 1.807) is 17.6 Å². The summed E-state index contributed by atoms with van der Waals surface area (Å²) < 4.78 is 49.6. The molecule has 3 rings (SSSR count). The van der Waals surface area contributed by atoms with Crippen molar-refractivity contribution in [2.45, 2.75) is 18.3 Å². The monoisotopic (exact) mass is 366 g/mol. The first-order valence-electron chi connectivity index (χ1n) is 6.02. The normalized spacial score (nSPS) is 24.5. The minimum absolute atomic E-state index is 0.0821. The van der Waals surface area contributed by atoms with Crippen LogP contribution in [0.25, 0.3) is 0 Å². The summed E-state index contributed by atoms with van der Waals surface area (Å²) in [5.41, 5.74) is -0.801. The number of nitrogens with one attached hydrogen (secondary N) is 1. The molecule has 0 aliphatic carbocycles. The molecule has 1 aromatic rings. The Hall–Kier alpha value is -1.48. The number of hydrogen-bond donors (Lipinski definition) is 2. The van der Waals surface area contributed by atoms with E-state index in [0.29, 0.717) is 34.7 Å². The van der Waals surface area contributed by atoms with Gasteiger partial charge in [-0.15, -0.1) is 0 Å². The molecule has 2 aliphatic rings. The number of halogens is 4. The third kappa shape index (κ3) is 2.44. The van der Waals surface area contributed by atoms with Crippen LogP contribution in [0.2, 0.25) is 0 Å². The molecule has 1 atom stereocenters. The summed E-state index contributed by atoms with van der Waals surface area (Å²) in [6, 6.07) is 3.15. The molecule has 1 aromatic carbocycles. The summed E-state index contributed by atoms with van der Waals surface area (Å²) in [6.07, 6.45) is -5.51. The molecule has 0 aromatic heterocycles. The summed E-state index contributed by atoms with van der Waals surface area (Å²) in [4.78, 5) is 0. The number of alkyl halides is 3. The second-order valence-electron chi connectivity index (χ2n) is 4.68. The molecule has 0 amide bonds. The predicted octanol–water partition coefficient (Wildman–Crippen LogP) is 2.17. The fourth-order valence-electron chi connectivity index (χ4n) is 2.09. The molecule has 0 saturated heterocycles. The Labute approximate surface area is 125 Å². The molecule has 0 saturated carbocycles. The van der Waals surface area contributed by atoms with Gasteiger partial charge in [0.2, 0.25) is 0 Å². The quantitative estimate of drug-likeness (QED) is 0.799. The van der Waals surface area contributed by atoms with Crippen molar-refractivity contribution in [2.75, 3.05) is 13.2 Å². The Morgan fingerprint density at radius 1 is 1.24 bits per heavy atom. The van der Waals surface area contributed by atoms with E-state index in [1.807, 2.05) is 0 Å². The van der Waals surface area contributed by atoms with Crippen molar-refractivity contribution in [1.82, 2.24) is 5.43 Å².